The summed E-state index contributed by atoms with van der Waals surface area (Å²) in [5, 5.41) is 2.77. The summed E-state index contributed by atoms with van der Waals surface area (Å²) in [5.74, 6) is -0.00328. The zero-order valence-corrected chi connectivity index (χ0v) is 15.8. The molecule has 0 spiro atoms. The van der Waals surface area contributed by atoms with Gasteiger partial charge in [-0.2, -0.15) is 0 Å². The van der Waals surface area contributed by atoms with E-state index in [1.807, 2.05) is 38.7 Å². The average Bonchev–Trinajstić information content (AvgIpc) is 2.81. The highest BCUT2D eigenvalue weighted by molar-refractivity contribution is 5.99. The maximum Gasteiger partial charge on any atom is 0.234 e. The standard InChI is InChI=1S/C18H31N3O3/c1-7-19-18(23)11-20(8-2)10-17(22)16-9-13(3)21(15(16)5)14(4)12-24-6/h9,14H,7-8,10-12H2,1-6H3,(H,19,23)/t14-/m0/s1. The predicted molar refractivity (Wildman–Crippen MR) is 95.6 cm³/mol. The minimum absolute atomic E-state index is 0.0464. The number of aromatic nitrogens is 1. The van der Waals surface area contributed by atoms with Crippen molar-refractivity contribution in [3.8, 4) is 0 Å². The molecule has 6 heteroatoms. The molecule has 1 amide bonds. The normalized spacial score (nSPS) is 12.5. The van der Waals surface area contributed by atoms with Crippen molar-refractivity contribution in [1.29, 1.82) is 0 Å². The Morgan fingerprint density at radius 1 is 1.29 bits per heavy atom. The first-order valence-electron chi connectivity index (χ1n) is 8.55. The largest absolute Gasteiger partial charge is 0.383 e. The van der Waals surface area contributed by atoms with Crippen molar-refractivity contribution in [3.05, 3.63) is 23.0 Å². The number of methoxy groups -OCH3 is 1. The Hall–Kier alpha value is -1.66. The van der Waals surface area contributed by atoms with Gasteiger partial charge >= 0.3 is 0 Å². The van der Waals surface area contributed by atoms with Crippen molar-refractivity contribution >= 4 is 11.7 Å². The van der Waals surface area contributed by atoms with Crippen LogP contribution >= 0.6 is 0 Å². The van der Waals surface area contributed by atoms with E-state index >= 15 is 0 Å². The van der Waals surface area contributed by atoms with Gasteiger partial charge in [0.15, 0.2) is 5.78 Å². The van der Waals surface area contributed by atoms with Crippen molar-refractivity contribution in [2.45, 2.75) is 40.7 Å². The monoisotopic (exact) mass is 337 g/mol. The van der Waals surface area contributed by atoms with E-state index < -0.39 is 0 Å². The number of amides is 1. The fraction of sp³-hybridized carbons (Fsp3) is 0.667. The van der Waals surface area contributed by atoms with Crippen LogP contribution in [0.5, 0.6) is 0 Å². The van der Waals surface area contributed by atoms with Gasteiger partial charge in [0.2, 0.25) is 5.91 Å². The summed E-state index contributed by atoms with van der Waals surface area (Å²) in [4.78, 5) is 26.3. The van der Waals surface area contributed by atoms with Gasteiger partial charge in [-0.15, -0.1) is 0 Å². The van der Waals surface area contributed by atoms with Gasteiger partial charge in [0.1, 0.15) is 0 Å². The lowest BCUT2D eigenvalue weighted by Gasteiger charge is -2.19. The van der Waals surface area contributed by atoms with Crippen LogP contribution in [0.1, 0.15) is 48.6 Å². The third kappa shape index (κ3) is 5.18. The second-order valence-corrected chi connectivity index (χ2v) is 6.14. The third-order valence-electron chi connectivity index (χ3n) is 4.19. The number of Topliss-reactive ketones (excluding diaryl/α,β-unsaturated/α-hetero) is 1. The predicted octanol–water partition coefficient (Wildman–Crippen LogP) is 1.95. The second-order valence-electron chi connectivity index (χ2n) is 6.14. The van der Waals surface area contributed by atoms with Gasteiger partial charge in [-0.3, -0.25) is 14.5 Å². The lowest BCUT2D eigenvalue weighted by atomic mass is 10.1. The average molecular weight is 337 g/mol. The summed E-state index contributed by atoms with van der Waals surface area (Å²) in [6.45, 7) is 12.2. The summed E-state index contributed by atoms with van der Waals surface area (Å²) >= 11 is 0. The Morgan fingerprint density at radius 2 is 1.96 bits per heavy atom. The number of nitrogens with one attached hydrogen (secondary N) is 1. The topological polar surface area (TPSA) is 63.6 Å². The van der Waals surface area contributed by atoms with E-state index in [2.05, 4.69) is 16.8 Å². The van der Waals surface area contributed by atoms with Crippen LogP contribution in [0, 0.1) is 13.8 Å². The number of hydrogen-bond acceptors (Lipinski definition) is 4. The lowest BCUT2D eigenvalue weighted by molar-refractivity contribution is -0.121. The van der Waals surface area contributed by atoms with Gasteiger partial charge in [-0.25, -0.2) is 0 Å². The van der Waals surface area contributed by atoms with Crippen LogP contribution < -0.4 is 5.32 Å². The minimum atomic E-state index is -0.0497. The number of hydrogen-bond donors (Lipinski definition) is 1. The molecule has 0 aromatic carbocycles. The molecule has 1 aromatic heterocycles. The molecule has 24 heavy (non-hydrogen) atoms. The van der Waals surface area contributed by atoms with Gasteiger partial charge < -0.3 is 14.6 Å². The molecule has 0 radical (unpaired) electrons. The number of ketones is 1. The molecule has 0 aliphatic rings. The van der Waals surface area contributed by atoms with E-state index in [4.69, 9.17) is 4.74 Å². The molecular formula is C18H31N3O3. The summed E-state index contributed by atoms with van der Waals surface area (Å²) in [6.07, 6.45) is 0. The molecule has 136 valence electrons. The molecule has 0 saturated carbocycles. The molecule has 0 unspecified atom stereocenters. The van der Waals surface area contributed by atoms with Crippen molar-refractivity contribution in [2.24, 2.45) is 0 Å². The first-order chi connectivity index (χ1) is 11.3. The molecule has 1 heterocycles. The molecule has 1 aromatic rings. The summed E-state index contributed by atoms with van der Waals surface area (Å²) < 4.78 is 7.36. The fourth-order valence-corrected chi connectivity index (χ4v) is 3.08. The highest BCUT2D eigenvalue weighted by atomic mass is 16.5. The smallest absolute Gasteiger partial charge is 0.234 e. The fourth-order valence-electron chi connectivity index (χ4n) is 3.08. The highest BCUT2D eigenvalue weighted by Gasteiger charge is 2.21. The van der Waals surface area contributed by atoms with Gasteiger partial charge in [0.05, 0.1) is 25.7 Å². The van der Waals surface area contributed by atoms with Gasteiger partial charge in [0, 0.05) is 30.6 Å². The zero-order valence-electron chi connectivity index (χ0n) is 15.8. The number of likely N-dealkylation sites (N-methyl/N-ethyl adjacent to an activating group) is 2. The van der Waals surface area contributed by atoms with Gasteiger partial charge in [-0.05, 0) is 40.3 Å². The van der Waals surface area contributed by atoms with Crippen LogP contribution in [0.2, 0.25) is 0 Å². The van der Waals surface area contributed by atoms with E-state index in [1.54, 1.807) is 7.11 Å². The Balaban J connectivity index is 2.87. The van der Waals surface area contributed by atoms with Crippen LogP contribution in [0.3, 0.4) is 0 Å². The molecule has 1 N–H and O–H groups in total. The quantitative estimate of drug-likeness (QED) is 0.663. The van der Waals surface area contributed by atoms with Crippen LogP contribution in [-0.4, -0.2) is 61.1 Å². The lowest BCUT2D eigenvalue weighted by Crippen LogP contribution is -2.39. The van der Waals surface area contributed by atoms with Crippen LogP contribution in [-0.2, 0) is 9.53 Å². The SMILES string of the molecule is CCNC(=O)CN(CC)CC(=O)c1cc(C)n([C@@H](C)COC)c1C. The highest BCUT2D eigenvalue weighted by Crippen LogP contribution is 2.21. The third-order valence-corrected chi connectivity index (χ3v) is 4.19. The molecule has 1 rings (SSSR count). The number of rotatable bonds is 10. The Labute approximate surface area is 145 Å². The zero-order chi connectivity index (χ0) is 18.3. The Kier molecular flexibility index (Phi) is 8.15. The molecule has 0 bridgehead atoms. The van der Waals surface area contributed by atoms with Crippen molar-refractivity contribution in [2.75, 3.05) is 39.9 Å². The van der Waals surface area contributed by atoms with E-state index in [0.29, 0.717) is 19.7 Å². The van der Waals surface area contributed by atoms with Crippen molar-refractivity contribution in [1.82, 2.24) is 14.8 Å². The van der Waals surface area contributed by atoms with Crippen molar-refractivity contribution in [3.63, 3.8) is 0 Å². The number of aryl methyl sites for hydroxylation is 1. The Bertz CT molecular complexity index is 566. The second kappa shape index (κ2) is 9.59. The molecule has 6 nitrogen and oxygen atoms in total. The molecule has 0 aliphatic heterocycles. The molecule has 0 aliphatic carbocycles. The maximum absolute atomic E-state index is 12.7. The summed E-state index contributed by atoms with van der Waals surface area (Å²) in [6, 6.07) is 2.11. The van der Waals surface area contributed by atoms with Crippen molar-refractivity contribution < 1.29 is 14.3 Å². The van der Waals surface area contributed by atoms with E-state index in [9.17, 15) is 9.59 Å². The number of carbonyl (C=O) groups is 2. The molecule has 0 fully saturated rings. The first kappa shape index (κ1) is 20.4. The summed E-state index contributed by atoms with van der Waals surface area (Å²) in [7, 11) is 1.68. The van der Waals surface area contributed by atoms with Gasteiger partial charge in [-0.1, -0.05) is 6.92 Å². The van der Waals surface area contributed by atoms with E-state index in [1.165, 1.54) is 0 Å². The van der Waals surface area contributed by atoms with Gasteiger partial charge in [0.25, 0.3) is 0 Å². The maximum atomic E-state index is 12.7. The first-order valence-corrected chi connectivity index (χ1v) is 8.55. The van der Waals surface area contributed by atoms with Crippen LogP contribution in [0.25, 0.3) is 0 Å². The Morgan fingerprint density at radius 3 is 2.50 bits per heavy atom. The van der Waals surface area contributed by atoms with Crippen LogP contribution in [0.15, 0.2) is 6.07 Å². The molecule has 1 atom stereocenters. The van der Waals surface area contributed by atoms with Crippen LogP contribution in [0.4, 0.5) is 0 Å². The molecular weight excluding hydrogens is 306 g/mol. The number of ether oxygens (including phenoxy) is 1. The van der Waals surface area contributed by atoms with E-state index in [0.717, 1.165) is 17.0 Å². The molecule has 0 saturated heterocycles. The number of nitrogens with zero attached hydrogens (tertiary/aromatic N) is 2. The number of carbonyl (C=O) groups excluding carboxylic acids is 2. The van der Waals surface area contributed by atoms with E-state index in [-0.39, 0.29) is 30.8 Å². The minimum Gasteiger partial charge on any atom is -0.383 e. The summed E-state index contributed by atoms with van der Waals surface area (Å²) in [5.41, 5.74) is 2.73.